The van der Waals surface area contributed by atoms with Crippen molar-refractivity contribution in [1.82, 2.24) is 15.3 Å². The standard InChI is InChI=1S/C15H24FN5O3S/c1-4-25(23,24)10-14(22)18-8-12-7-11(16)9-21(12)13-5-6-17-15(19-13)20(2)3/h5-6,11-12H,4,7-10H2,1-3H3,(H,18,22)/t11-,12-/m0/s1. The summed E-state index contributed by atoms with van der Waals surface area (Å²) in [7, 11) is 0.243. The molecule has 140 valence electrons. The van der Waals surface area contributed by atoms with Crippen LogP contribution in [0.25, 0.3) is 0 Å². The van der Waals surface area contributed by atoms with Gasteiger partial charge >= 0.3 is 0 Å². The molecular weight excluding hydrogens is 349 g/mol. The smallest absolute Gasteiger partial charge is 0.235 e. The summed E-state index contributed by atoms with van der Waals surface area (Å²) >= 11 is 0. The lowest BCUT2D eigenvalue weighted by Gasteiger charge is -2.26. The number of anilines is 2. The Labute approximate surface area is 147 Å². The molecule has 2 heterocycles. The molecule has 0 radical (unpaired) electrons. The average molecular weight is 373 g/mol. The molecule has 0 aliphatic carbocycles. The van der Waals surface area contributed by atoms with Crippen LogP contribution in [-0.4, -0.2) is 75.2 Å². The zero-order valence-electron chi connectivity index (χ0n) is 14.6. The van der Waals surface area contributed by atoms with Crippen LogP contribution < -0.4 is 15.1 Å². The molecule has 1 aromatic rings. The minimum atomic E-state index is -3.38. The summed E-state index contributed by atoms with van der Waals surface area (Å²) in [6.07, 6.45) is 0.827. The molecule has 1 saturated heterocycles. The molecule has 8 nitrogen and oxygen atoms in total. The van der Waals surface area contributed by atoms with Gasteiger partial charge in [0, 0.05) is 39.0 Å². The Balaban J connectivity index is 2.04. The van der Waals surface area contributed by atoms with Gasteiger partial charge in [0.15, 0.2) is 9.84 Å². The number of alkyl halides is 1. The van der Waals surface area contributed by atoms with E-state index in [1.807, 2.05) is 14.1 Å². The van der Waals surface area contributed by atoms with Crippen molar-refractivity contribution in [2.24, 2.45) is 0 Å². The topological polar surface area (TPSA) is 95.5 Å². The number of carbonyl (C=O) groups excluding carboxylic acids is 1. The Morgan fingerprint density at radius 3 is 2.84 bits per heavy atom. The second kappa shape index (κ2) is 7.94. The van der Waals surface area contributed by atoms with Crippen LogP contribution in [0.15, 0.2) is 12.3 Å². The van der Waals surface area contributed by atoms with Crippen molar-refractivity contribution in [3.63, 3.8) is 0 Å². The molecule has 1 aliphatic rings. The van der Waals surface area contributed by atoms with E-state index >= 15 is 0 Å². The maximum atomic E-state index is 13.9. The fourth-order valence-electron chi connectivity index (χ4n) is 2.63. The van der Waals surface area contributed by atoms with Crippen LogP contribution in [0.2, 0.25) is 0 Å². The molecule has 2 atom stereocenters. The molecule has 0 aromatic carbocycles. The van der Waals surface area contributed by atoms with Crippen LogP contribution in [-0.2, 0) is 14.6 Å². The van der Waals surface area contributed by atoms with E-state index in [9.17, 15) is 17.6 Å². The van der Waals surface area contributed by atoms with Gasteiger partial charge in [-0.15, -0.1) is 0 Å². The number of hydrogen-bond acceptors (Lipinski definition) is 7. The maximum absolute atomic E-state index is 13.9. The lowest BCUT2D eigenvalue weighted by molar-refractivity contribution is -0.118. The van der Waals surface area contributed by atoms with Crippen molar-refractivity contribution >= 4 is 27.5 Å². The molecule has 10 heteroatoms. The zero-order valence-corrected chi connectivity index (χ0v) is 15.5. The molecule has 1 N–H and O–H groups in total. The van der Waals surface area contributed by atoms with Gasteiger partial charge < -0.3 is 15.1 Å². The van der Waals surface area contributed by atoms with E-state index in [1.54, 1.807) is 22.1 Å². The first-order valence-corrected chi connectivity index (χ1v) is 9.92. The summed E-state index contributed by atoms with van der Waals surface area (Å²) in [5, 5.41) is 2.59. The van der Waals surface area contributed by atoms with Crippen LogP contribution in [0.4, 0.5) is 16.2 Å². The highest BCUT2D eigenvalue weighted by Gasteiger charge is 2.33. The Morgan fingerprint density at radius 1 is 1.48 bits per heavy atom. The van der Waals surface area contributed by atoms with Crippen molar-refractivity contribution in [2.75, 3.05) is 48.5 Å². The van der Waals surface area contributed by atoms with E-state index in [0.29, 0.717) is 11.8 Å². The van der Waals surface area contributed by atoms with E-state index in [0.717, 1.165) is 0 Å². The Morgan fingerprint density at radius 2 is 2.20 bits per heavy atom. The Kier molecular flexibility index (Phi) is 6.15. The highest BCUT2D eigenvalue weighted by Crippen LogP contribution is 2.26. The molecule has 25 heavy (non-hydrogen) atoms. The monoisotopic (exact) mass is 373 g/mol. The van der Waals surface area contributed by atoms with Crippen LogP contribution in [0.5, 0.6) is 0 Å². The number of sulfone groups is 1. The predicted octanol–water partition coefficient (Wildman–Crippen LogP) is 0.0103. The van der Waals surface area contributed by atoms with Gasteiger partial charge in [-0.05, 0) is 6.07 Å². The molecule has 1 fully saturated rings. The van der Waals surface area contributed by atoms with Crippen LogP contribution in [0.1, 0.15) is 13.3 Å². The summed E-state index contributed by atoms with van der Waals surface area (Å²) in [4.78, 5) is 23.9. The highest BCUT2D eigenvalue weighted by molar-refractivity contribution is 7.92. The van der Waals surface area contributed by atoms with Crippen LogP contribution in [0.3, 0.4) is 0 Å². The van der Waals surface area contributed by atoms with E-state index in [4.69, 9.17) is 0 Å². The second-order valence-corrected chi connectivity index (χ2v) is 8.58. The van der Waals surface area contributed by atoms with Gasteiger partial charge in [0.25, 0.3) is 0 Å². The molecule has 1 aromatic heterocycles. The number of carbonyl (C=O) groups is 1. The van der Waals surface area contributed by atoms with E-state index in [-0.39, 0.29) is 31.3 Å². The highest BCUT2D eigenvalue weighted by atomic mass is 32.2. The third-order valence-corrected chi connectivity index (χ3v) is 5.59. The van der Waals surface area contributed by atoms with Crippen molar-refractivity contribution < 1.29 is 17.6 Å². The second-order valence-electron chi connectivity index (χ2n) is 6.23. The third kappa shape index (κ3) is 5.25. The number of nitrogens with zero attached hydrogens (tertiary/aromatic N) is 4. The lowest BCUT2D eigenvalue weighted by Crippen LogP contribution is -2.42. The molecule has 1 amide bonds. The van der Waals surface area contributed by atoms with Gasteiger partial charge in [-0.2, -0.15) is 4.98 Å². The molecule has 0 unspecified atom stereocenters. The zero-order chi connectivity index (χ0) is 18.6. The summed E-state index contributed by atoms with van der Waals surface area (Å²) in [5.74, 6) is -0.110. The lowest BCUT2D eigenvalue weighted by atomic mass is 10.2. The minimum absolute atomic E-state index is 0.0865. The molecule has 1 aliphatic heterocycles. The van der Waals surface area contributed by atoms with Gasteiger partial charge in [-0.1, -0.05) is 6.92 Å². The maximum Gasteiger partial charge on any atom is 0.235 e. The van der Waals surface area contributed by atoms with Crippen molar-refractivity contribution in [3.05, 3.63) is 12.3 Å². The minimum Gasteiger partial charge on any atom is -0.353 e. The first-order chi connectivity index (χ1) is 11.7. The fourth-order valence-corrected chi connectivity index (χ4v) is 3.34. The first kappa shape index (κ1) is 19.4. The largest absolute Gasteiger partial charge is 0.353 e. The number of amides is 1. The van der Waals surface area contributed by atoms with E-state index < -0.39 is 27.7 Å². The van der Waals surface area contributed by atoms with Gasteiger partial charge in [0.05, 0.1) is 12.6 Å². The van der Waals surface area contributed by atoms with Gasteiger partial charge in [-0.25, -0.2) is 17.8 Å². The van der Waals surface area contributed by atoms with Gasteiger partial charge in [-0.3, -0.25) is 4.79 Å². The average Bonchev–Trinajstić information content (AvgIpc) is 2.93. The number of halogens is 1. The van der Waals surface area contributed by atoms with Crippen molar-refractivity contribution in [2.45, 2.75) is 25.6 Å². The van der Waals surface area contributed by atoms with Crippen LogP contribution in [0, 0.1) is 0 Å². The van der Waals surface area contributed by atoms with E-state index in [2.05, 4.69) is 15.3 Å². The van der Waals surface area contributed by atoms with Crippen molar-refractivity contribution in [3.8, 4) is 0 Å². The SMILES string of the molecule is CCS(=O)(=O)CC(=O)NC[C@@H]1C[C@H](F)CN1c1ccnc(N(C)C)n1. The van der Waals surface area contributed by atoms with Crippen molar-refractivity contribution in [1.29, 1.82) is 0 Å². The summed E-state index contributed by atoms with van der Waals surface area (Å²) < 4.78 is 36.9. The van der Waals surface area contributed by atoms with Gasteiger partial charge in [0.2, 0.25) is 11.9 Å². The molecule has 0 saturated carbocycles. The molecule has 0 bridgehead atoms. The Bertz CT molecular complexity index is 713. The third-order valence-electron chi connectivity index (χ3n) is 4.01. The fraction of sp³-hybridized carbons (Fsp3) is 0.667. The normalized spacial score (nSPS) is 20.6. The Hall–Kier alpha value is -1.97. The number of nitrogens with one attached hydrogen (secondary N) is 1. The number of aromatic nitrogens is 2. The molecular formula is C15H24FN5O3S. The summed E-state index contributed by atoms with van der Waals surface area (Å²) in [6, 6.07) is 1.41. The molecule has 2 rings (SSSR count). The van der Waals surface area contributed by atoms with Crippen LogP contribution >= 0.6 is 0 Å². The van der Waals surface area contributed by atoms with E-state index in [1.165, 1.54) is 6.92 Å². The number of hydrogen-bond donors (Lipinski definition) is 1. The van der Waals surface area contributed by atoms with Gasteiger partial charge in [0.1, 0.15) is 17.7 Å². The first-order valence-electron chi connectivity index (χ1n) is 8.10. The summed E-state index contributed by atoms with van der Waals surface area (Å²) in [6.45, 7) is 1.84. The quantitative estimate of drug-likeness (QED) is 0.719. The summed E-state index contributed by atoms with van der Waals surface area (Å²) in [5.41, 5.74) is 0. The molecule has 0 spiro atoms. The predicted molar refractivity (Wildman–Crippen MR) is 94.3 cm³/mol. The number of rotatable bonds is 7.